The Kier molecular flexibility index (Phi) is 4.70. The van der Waals surface area contributed by atoms with Gasteiger partial charge in [0.25, 0.3) is 0 Å². The molecule has 1 saturated heterocycles. The fraction of sp³-hybridized carbons (Fsp3) is 0.769. The van der Waals surface area contributed by atoms with Crippen molar-refractivity contribution in [2.45, 2.75) is 89.9 Å². The van der Waals surface area contributed by atoms with Gasteiger partial charge in [0, 0.05) is 18.3 Å². The second-order valence-corrected chi connectivity index (χ2v) is 11.3. The van der Waals surface area contributed by atoms with Crippen molar-refractivity contribution in [3.05, 3.63) is 36.0 Å². The second-order valence-electron chi connectivity index (χ2n) is 11.3. The summed E-state index contributed by atoms with van der Waals surface area (Å²) < 4.78 is 0. The molecule has 1 N–H and O–H groups in total. The molecule has 2 saturated carbocycles. The molecule has 0 aromatic rings. The molecule has 2 heterocycles. The van der Waals surface area contributed by atoms with Crippen molar-refractivity contribution in [1.82, 2.24) is 0 Å². The van der Waals surface area contributed by atoms with Crippen molar-refractivity contribution in [2.24, 2.45) is 35.0 Å². The average molecular weight is 399 g/mol. The van der Waals surface area contributed by atoms with Gasteiger partial charge < -0.3 is 5.11 Å². The van der Waals surface area contributed by atoms with E-state index in [9.17, 15) is 5.11 Å². The first-order valence-corrected chi connectivity index (χ1v) is 11.9. The third kappa shape index (κ3) is 2.80. The predicted octanol–water partition coefficient (Wildman–Crippen LogP) is 5.76. The number of aliphatic hydroxyl groups is 1. The highest BCUT2D eigenvalue weighted by molar-refractivity contribution is 5.44. The maximum Gasteiger partial charge on any atom is 0.146 e. The van der Waals surface area contributed by atoms with Gasteiger partial charge in [-0.1, -0.05) is 45.9 Å². The van der Waals surface area contributed by atoms with Gasteiger partial charge in [0.2, 0.25) is 0 Å². The van der Waals surface area contributed by atoms with E-state index < -0.39 is 5.60 Å². The Balaban J connectivity index is 1.45. The summed E-state index contributed by atoms with van der Waals surface area (Å²) in [4.78, 5) is 12.5. The normalized spacial score (nSPS) is 49.1. The Bertz CT molecular complexity index is 751. The first-order chi connectivity index (χ1) is 13.8. The lowest BCUT2D eigenvalue weighted by Gasteiger charge is -2.61. The van der Waals surface area contributed by atoms with Crippen LogP contribution in [0.1, 0.15) is 72.6 Å². The van der Waals surface area contributed by atoms with Crippen LogP contribution in [0, 0.1) is 35.0 Å². The molecule has 0 amide bonds. The number of allylic oxidation sites excluding steroid dienone is 3. The van der Waals surface area contributed by atoms with E-state index in [4.69, 9.17) is 9.78 Å². The zero-order valence-electron chi connectivity index (χ0n) is 18.6. The van der Waals surface area contributed by atoms with Crippen LogP contribution in [0.25, 0.3) is 0 Å². The summed E-state index contributed by atoms with van der Waals surface area (Å²) in [7, 11) is 0. The number of fused-ring (bicyclic) bond motifs is 2. The van der Waals surface area contributed by atoms with Crippen molar-refractivity contribution in [3.63, 3.8) is 0 Å². The van der Waals surface area contributed by atoms with Crippen LogP contribution in [0.3, 0.4) is 0 Å². The lowest BCUT2D eigenvalue weighted by molar-refractivity contribution is -0.442. The molecule has 29 heavy (non-hydrogen) atoms. The highest BCUT2D eigenvalue weighted by Crippen LogP contribution is 2.67. The van der Waals surface area contributed by atoms with Crippen LogP contribution in [0.5, 0.6) is 0 Å². The standard InChI is InChI=1S/C26H38O3/c1-17(2)6-5-7-18(3)20-10-11-23-24(20,4)13-12-22-21-9-8-19(27)16-25(21)14-15-26(22,23)29-28-25/h5,7,12,14-15,17-21,23,27H,6,8-11,13,16H2,1-4H3/b7-5+/t18-,19+,20-,21?,23-,24-,25-,26-/m1/s1. The fourth-order valence-corrected chi connectivity index (χ4v) is 7.63. The van der Waals surface area contributed by atoms with Crippen molar-refractivity contribution >= 4 is 0 Å². The lowest BCUT2D eigenvalue weighted by Crippen LogP contribution is -2.65. The van der Waals surface area contributed by atoms with E-state index in [0.29, 0.717) is 30.1 Å². The predicted molar refractivity (Wildman–Crippen MR) is 115 cm³/mol. The van der Waals surface area contributed by atoms with Gasteiger partial charge in [-0.15, -0.1) is 0 Å². The summed E-state index contributed by atoms with van der Waals surface area (Å²) in [6.07, 6.45) is 19.0. The van der Waals surface area contributed by atoms with Gasteiger partial charge in [-0.3, -0.25) is 0 Å². The van der Waals surface area contributed by atoms with Gasteiger partial charge in [0.05, 0.1) is 6.10 Å². The third-order valence-electron chi connectivity index (χ3n) is 9.08. The Morgan fingerprint density at radius 3 is 2.69 bits per heavy atom. The Morgan fingerprint density at radius 1 is 1.14 bits per heavy atom. The zero-order chi connectivity index (χ0) is 20.4. The van der Waals surface area contributed by atoms with Crippen LogP contribution in [-0.2, 0) is 9.78 Å². The van der Waals surface area contributed by atoms with E-state index in [1.807, 2.05) is 0 Å². The summed E-state index contributed by atoms with van der Waals surface area (Å²) in [6.45, 7) is 9.49. The minimum absolute atomic E-state index is 0.240. The first kappa shape index (κ1) is 20.0. The molecule has 3 fully saturated rings. The largest absolute Gasteiger partial charge is 0.393 e. The highest BCUT2D eigenvalue weighted by atomic mass is 17.2. The molecule has 2 aliphatic heterocycles. The quantitative estimate of drug-likeness (QED) is 0.483. The number of rotatable bonds is 4. The molecule has 6 aliphatic rings. The van der Waals surface area contributed by atoms with E-state index in [1.165, 1.54) is 24.8 Å². The zero-order valence-corrected chi connectivity index (χ0v) is 18.6. The van der Waals surface area contributed by atoms with Gasteiger partial charge in [-0.2, -0.15) is 0 Å². The molecule has 2 spiro atoms. The molecular formula is C26H38O3. The van der Waals surface area contributed by atoms with E-state index in [-0.39, 0.29) is 17.1 Å². The van der Waals surface area contributed by atoms with E-state index in [1.54, 1.807) is 0 Å². The maximum absolute atomic E-state index is 10.3. The van der Waals surface area contributed by atoms with Crippen LogP contribution in [0.2, 0.25) is 0 Å². The molecule has 3 nitrogen and oxygen atoms in total. The van der Waals surface area contributed by atoms with Gasteiger partial charge in [-0.05, 0) is 79.4 Å². The van der Waals surface area contributed by atoms with Crippen molar-refractivity contribution in [2.75, 3.05) is 0 Å². The summed E-state index contributed by atoms with van der Waals surface area (Å²) in [5.74, 6) is 2.84. The van der Waals surface area contributed by atoms with Crippen molar-refractivity contribution < 1.29 is 14.9 Å². The molecule has 1 unspecified atom stereocenters. The van der Waals surface area contributed by atoms with Gasteiger partial charge in [0.15, 0.2) is 0 Å². The molecule has 0 aromatic carbocycles. The monoisotopic (exact) mass is 398 g/mol. The first-order valence-electron chi connectivity index (χ1n) is 11.9. The van der Waals surface area contributed by atoms with Crippen molar-refractivity contribution in [1.29, 1.82) is 0 Å². The summed E-state index contributed by atoms with van der Waals surface area (Å²) in [5, 5.41) is 10.3. The maximum atomic E-state index is 10.3. The molecule has 8 atom stereocenters. The fourth-order valence-electron chi connectivity index (χ4n) is 7.63. The van der Waals surface area contributed by atoms with Gasteiger partial charge >= 0.3 is 0 Å². The third-order valence-corrected chi connectivity index (χ3v) is 9.08. The van der Waals surface area contributed by atoms with Crippen LogP contribution in [0.15, 0.2) is 36.0 Å². The van der Waals surface area contributed by atoms with Gasteiger partial charge in [0.1, 0.15) is 11.2 Å². The molecule has 2 bridgehead atoms. The van der Waals surface area contributed by atoms with E-state index in [0.717, 1.165) is 25.2 Å². The summed E-state index contributed by atoms with van der Waals surface area (Å²) >= 11 is 0. The number of hydrogen-bond acceptors (Lipinski definition) is 3. The Hall–Kier alpha value is -0.900. The van der Waals surface area contributed by atoms with Crippen LogP contribution < -0.4 is 0 Å². The van der Waals surface area contributed by atoms with Crippen molar-refractivity contribution in [3.8, 4) is 0 Å². The molecule has 3 heteroatoms. The minimum Gasteiger partial charge on any atom is -0.393 e. The smallest absolute Gasteiger partial charge is 0.146 e. The molecular weight excluding hydrogens is 360 g/mol. The topological polar surface area (TPSA) is 38.7 Å². The molecule has 6 rings (SSSR count). The summed E-state index contributed by atoms with van der Waals surface area (Å²) in [6, 6.07) is 0. The lowest BCUT2D eigenvalue weighted by atomic mass is 9.51. The second kappa shape index (κ2) is 6.80. The molecule has 160 valence electrons. The van der Waals surface area contributed by atoms with E-state index >= 15 is 0 Å². The molecule has 0 radical (unpaired) electrons. The minimum atomic E-state index is -0.441. The number of hydrogen-bond donors (Lipinski definition) is 1. The average Bonchev–Trinajstić information content (AvgIpc) is 3.04. The Labute approximate surface area is 176 Å². The summed E-state index contributed by atoms with van der Waals surface area (Å²) in [5.41, 5.74) is 0.885. The molecule has 0 aromatic heterocycles. The highest BCUT2D eigenvalue weighted by Gasteiger charge is 2.67. The SMILES string of the molecule is CC(C)C/C=C/[C@@H](C)[C@H]1CC[C@@H]2[C@]1(C)CC=C1C3CC[C@H](O)C[C@]34C=C[C@@]12OO4. The van der Waals surface area contributed by atoms with E-state index in [2.05, 4.69) is 58.1 Å². The Morgan fingerprint density at radius 2 is 1.97 bits per heavy atom. The van der Waals surface area contributed by atoms with Crippen LogP contribution in [0.4, 0.5) is 0 Å². The number of aliphatic hydroxyl groups excluding tert-OH is 1. The van der Waals surface area contributed by atoms with Crippen LogP contribution >= 0.6 is 0 Å². The van der Waals surface area contributed by atoms with Crippen LogP contribution in [-0.4, -0.2) is 22.4 Å². The molecule has 4 aliphatic carbocycles. The van der Waals surface area contributed by atoms with Gasteiger partial charge in [-0.25, -0.2) is 9.78 Å².